The number of pyridine rings is 1. The number of nitrogens with zero attached hydrogens (tertiary/aromatic N) is 2. The van der Waals surface area contributed by atoms with Gasteiger partial charge in [0, 0.05) is 37.6 Å². The van der Waals surface area contributed by atoms with Crippen LogP contribution in [-0.2, 0) is 0 Å². The first kappa shape index (κ1) is 13.1. The van der Waals surface area contributed by atoms with Crippen molar-refractivity contribution in [3.05, 3.63) is 18.3 Å². The molecule has 18 heavy (non-hydrogen) atoms. The number of piperidine rings is 1. The van der Waals surface area contributed by atoms with Gasteiger partial charge < -0.3 is 15.5 Å². The fourth-order valence-corrected chi connectivity index (χ4v) is 2.52. The number of aromatic nitrogens is 1. The van der Waals surface area contributed by atoms with Crippen LogP contribution in [0.3, 0.4) is 0 Å². The van der Waals surface area contributed by atoms with Gasteiger partial charge in [-0.2, -0.15) is 0 Å². The Morgan fingerprint density at radius 1 is 1.33 bits per heavy atom. The van der Waals surface area contributed by atoms with E-state index >= 15 is 0 Å². The van der Waals surface area contributed by atoms with Crippen molar-refractivity contribution in [3.8, 4) is 0 Å². The molecular formula is C14H24N4. The topological polar surface area (TPSA) is 40.2 Å². The molecule has 2 rings (SSSR count). The summed E-state index contributed by atoms with van der Waals surface area (Å²) in [6, 6.07) is 4.54. The summed E-state index contributed by atoms with van der Waals surface area (Å²) in [4.78, 5) is 6.78. The smallest absolute Gasteiger partial charge is 0.127 e. The van der Waals surface area contributed by atoms with Gasteiger partial charge in [0.2, 0.25) is 0 Å². The summed E-state index contributed by atoms with van der Waals surface area (Å²) in [6.07, 6.45) is 5.94. The van der Waals surface area contributed by atoms with E-state index in [1.807, 2.05) is 25.4 Å². The Morgan fingerprint density at radius 3 is 2.83 bits per heavy atom. The van der Waals surface area contributed by atoms with Crippen LogP contribution in [0, 0.1) is 0 Å². The van der Waals surface area contributed by atoms with Crippen LogP contribution in [0.25, 0.3) is 0 Å². The fourth-order valence-electron chi connectivity index (χ4n) is 2.52. The van der Waals surface area contributed by atoms with Crippen LogP contribution in [-0.4, -0.2) is 42.6 Å². The van der Waals surface area contributed by atoms with Gasteiger partial charge in [0.05, 0.1) is 0 Å². The molecule has 0 amide bonds. The van der Waals surface area contributed by atoms with E-state index < -0.39 is 0 Å². The highest BCUT2D eigenvalue weighted by Crippen LogP contribution is 2.14. The zero-order valence-electron chi connectivity index (χ0n) is 11.4. The van der Waals surface area contributed by atoms with Gasteiger partial charge in [0.1, 0.15) is 5.82 Å². The van der Waals surface area contributed by atoms with Crippen LogP contribution in [0.1, 0.15) is 26.2 Å². The van der Waals surface area contributed by atoms with Gasteiger partial charge in [0.25, 0.3) is 0 Å². The molecule has 4 nitrogen and oxygen atoms in total. The van der Waals surface area contributed by atoms with Crippen LogP contribution in [0.2, 0.25) is 0 Å². The molecule has 1 aliphatic rings. The Balaban J connectivity index is 1.83. The van der Waals surface area contributed by atoms with E-state index in [0.717, 1.165) is 18.1 Å². The Morgan fingerprint density at radius 2 is 2.11 bits per heavy atom. The summed E-state index contributed by atoms with van der Waals surface area (Å²) in [5.41, 5.74) is 1.14. The molecule has 1 unspecified atom stereocenters. The second-order valence-corrected chi connectivity index (χ2v) is 5.09. The van der Waals surface area contributed by atoms with Crippen molar-refractivity contribution in [2.75, 3.05) is 37.3 Å². The molecule has 4 heteroatoms. The molecule has 0 spiro atoms. The number of hydrogen-bond acceptors (Lipinski definition) is 4. The molecule has 100 valence electrons. The molecule has 1 aromatic heterocycles. The zero-order chi connectivity index (χ0) is 12.8. The summed E-state index contributed by atoms with van der Waals surface area (Å²) in [7, 11) is 1.89. The highest BCUT2D eigenvalue weighted by Gasteiger charge is 2.13. The van der Waals surface area contributed by atoms with Crippen molar-refractivity contribution in [2.24, 2.45) is 0 Å². The van der Waals surface area contributed by atoms with Crippen molar-refractivity contribution in [3.63, 3.8) is 0 Å². The fraction of sp³-hybridized carbons (Fsp3) is 0.643. The van der Waals surface area contributed by atoms with Gasteiger partial charge in [0.15, 0.2) is 0 Å². The molecule has 1 fully saturated rings. The highest BCUT2D eigenvalue weighted by molar-refractivity contribution is 5.52. The molecule has 1 saturated heterocycles. The third-order valence-electron chi connectivity index (χ3n) is 3.41. The van der Waals surface area contributed by atoms with Crippen LogP contribution < -0.4 is 10.6 Å². The number of likely N-dealkylation sites (tertiary alicyclic amines) is 1. The second kappa shape index (κ2) is 6.59. The lowest BCUT2D eigenvalue weighted by atomic mass is 10.1. The second-order valence-electron chi connectivity index (χ2n) is 5.09. The minimum absolute atomic E-state index is 0.468. The summed E-state index contributed by atoms with van der Waals surface area (Å²) < 4.78 is 0. The SMILES string of the molecule is CNc1cc(NC(C)CN2CCCCC2)ccn1. The number of nitrogens with one attached hydrogen (secondary N) is 2. The lowest BCUT2D eigenvalue weighted by molar-refractivity contribution is 0.223. The van der Waals surface area contributed by atoms with Gasteiger partial charge in [-0.15, -0.1) is 0 Å². The van der Waals surface area contributed by atoms with Gasteiger partial charge >= 0.3 is 0 Å². The third-order valence-corrected chi connectivity index (χ3v) is 3.41. The molecule has 0 aromatic carbocycles. The van der Waals surface area contributed by atoms with E-state index in [2.05, 4.69) is 27.4 Å². The van der Waals surface area contributed by atoms with Gasteiger partial charge in [-0.05, 0) is 38.9 Å². The van der Waals surface area contributed by atoms with E-state index in [9.17, 15) is 0 Å². The summed E-state index contributed by atoms with van der Waals surface area (Å²) >= 11 is 0. The molecule has 2 heterocycles. The molecular weight excluding hydrogens is 224 g/mol. The van der Waals surface area contributed by atoms with Crippen LogP contribution >= 0.6 is 0 Å². The van der Waals surface area contributed by atoms with Crippen molar-refractivity contribution >= 4 is 11.5 Å². The van der Waals surface area contributed by atoms with Crippen molar-refractivity contribution in [2.45, 2.75) is 32.2 Å². The molecule has 1 aromatic rings. The van der Waals surface area contributed by atoms with Crippen LogP contribution in [0.5, 0.6) is 0 Å². The average molecular weight is 248 g/mol. The first-order valence-electron chi connectivity index (χ1n) is 6.90. The predicted molar refractivity (Wildman–Crippen MR) is 77.2 cm³/mol. The monoisotopic (exact) mass is 248 g/mol. The molecule has 0 bridgehead atoms. The molecule has 0 aliphatic carbocycles. The van der Waals surface area contributed by atoms with E-state index in [1.54, 1.807) is 0 Å². The molecule has 2 N–H and O–H groups in total. The van der Waals surface area contributed by atoms with E-state index in [4.69, 9.17) is 0 Å². The van der Waals surface area contributed by atoms with E-state index in [1.165, 1.54) is 32.4 Å². The van der Waals surface area contributed by atoms with E-state index in [-0.39, 0.29) is 0 Å². The molecule has 1 atom stereocenters. The quantitative estimate of drug-likeness (QED) is 0.839. The standard InChI is InChI=1S/C14H24N4/c1-12(11-18-8-4-3-5-9-18)17-13-6-7-16-14(10-13)15-2/h6-7,10,12H,3-5,8-9,11H2,1-2H3,(H2,15,16,17). The van der Waals surface area contributed by atoms with Crippen LogP contribution in [0.15, 0.2) is 18.3 Å². The predicted octanol–water partition coefficient (Wildman–Crippen LogP) is 2.41. The van der Waals surface area contributed by atoms with Gasteiger partial charge in [-0.25, -0.2) is 4.98 Å². The average Bonchev–Trinajstić information content (AvgIpc) is 2.40. The third kappa shape index (κ3) is 3.88. The largest absolute Gasteiger partial charge is 0.381 e. The summed E-state index contributed by atoms with van der Waals surface area (Å²) in [5, 5.41) is 6.60. The van der Waals surface area contributed by atoms with Gasteiger partial charge in [-0.3, -0.25) is 0 Å². The van der Waals surface area contributed by atoms with Crippen LogP contribution in [0.4, 0.5) is 11.5 Å². The lowest BCUT2D eigenvalue weighted by Gasteiger charge is -2.29. The Hall–Kier alpha value is -1.29. The maximum Gasteiger partial charge on any atom is 0.127 e. The maximum absolute atomic E-state index is 4.22. The number of rotatable bonds is 5. The number of anilines is 2. The normalized spacial score (nSPS) is 18.3. The zero-order valence-corrected chi connectivity index (χ0v) is 11.4. The lowest BCUT2D eigenvalue weighted by Crippen LogP contribution is -2.38. The minimum atomic E-state index is 0.468. The van der Waals surface area contributed by atoms with Gasteiger partial charge in [-0.1, -0.05) is 6.42 Å². The molecule has 0 saturated carbocycles. The first-order valence-corrected chi connectivity index (χ1v) is 6.90. The molecule has 0 radical (unpaired) electrons. The van der Waals surface area contributed by atoms with E-state index in [0.29, 0.717) is 6.04 Å². The maximum atomic E-state index is 4.22. The Kier molecular flexibility index (Phi) is 4.81. The number of hydrogen-bond donors (Lipinski definition) is 2. The summed E-state index contributed by atoms with van der Waals surface area (Å²) in [5.74, 6) is 0.908. The first-order chi connectivity index (χ1) is 8.78. The van der Waals surface area contributed by atoms with Crippen molar-refractivity contribution in [1.29, 1.82) is 0 Å². The minimum Gasteiger partial charge on any atom is -0.381 e. The Labute approximate surface area is 110 Å². The highest BCUT2D eigenvalue weighted by atomic mass is 15.1. The summed E-state index contributed by atoms with van der Waals surface area (Å²) in [6.45, 7) is 5.87. The van der Waals surface area contributed by atoms with Crippen molar-refractivity contribution in [1.82, 2.24) is 9.88 Å². The Bertz CT molecular complexity index is 361. The van der Waals surface area contributed by atoms with Crippen molar-refractivity contribution < 1.29 is 0 Å². The molecule has 1 aliphatic heterocycles.